The van der Waals surface area contributed by atoms with Crippen LogP contribution in [0.15, 0.2) is 42.5 Å². The SMILES string of the molecule is O=C(c1ccc(-c2ccc3c(c2)OCO3)cc1)N1CCCC[C@@H]1CCO. The summed E-state index contributed by atoms with van der Waals surface area (Å²) in [6, 6.07) is 13.7. The number of piperidine rings is 1. The molecule has 2 aromatic carbocycles. The van der Waals surface area contributed by atoms with Gasteiger partial charge in [0.2, 0.25) is 6.79 Å². The molecule has 5 heteroatoms. The van der Waals surface area contributed by atoms with Crippen LogP contribution >= 0.6 is 0 Å². The van der Waals surface area contributed by atoms with E-state index in [1.807, 2.05) is 47.4 Å². The Labute approximate surface area is 153 Å². The third-order valence-corrected chi connectivity index (χ3v) is 5.19. The molecule has 0 spiro atoms. The molecule has 0 bridgehead atoms. The van der Waals surface area contributed by atoms with Gasteiger partial charge in [0.25, 0.3) is 5.91 Å². The highest BCUT2D eigenvalue weighted by atomic mass is 16.7. The molecule has 1 N–H and O–H groups in total. The van der Waals surface area contributed by atoms with Crippen LogP contribution in [0.2, 0.25) is 0 Å². The van der Waals surface area contributed by atoms with Crippen LogP contribution < -0.4 is 9.47 Å². The van der Waals surface area contributed by atoms with Crippen LogP contribution in [0.25, 0.3) is 11.1 Å². The van der Waals surface area contributed by atoms with Gasteiger partial charge >= 0.3 is 0 Å². The Bertz CT molecular complexity index is 785. The molecule has 26 heavy (non-hydrogen) atoms. The Kier molecular flexibility index (Phi) is 4.80. The number of fused-ring (bicyclic) bond motifs is 1. The number of likely N-dealkylation sites (tertiary alicyclic amines) is 1. The second kappa shape index (κ2) is 7.38. The van der Waals surface area contributed by atoms with Gasteiger partial charge in [-0.1, -0.05) is 18.2 Å². The minimum Gasteiger partial charge on any atom is -0.454 e. The van der Waals surface area contributed by atoms with E-state index in [0.717, 1.165) is 48.4 Å². The third kappa shape index (κ3) is 3.27. The van der Waals surface area contributed by atoms with Gasteiger partial charge in [0.1, 0.15) is 0 Å². The van der Waals surface area contributed by atoms with Gasteiger partial charge in [-0.15, -0.1) is 0 Å². The lowest BCUT2D eigenvalue weighted by Crippen LogP contribution is -2.44. The van der Waals surface area contributed by atoms with Crippen LogP contribution in [-0.4, -0.2) is 41.9 Å². The van der Waals surface area contributed by atoms with Crippen molar-refractivity contribution in [3.8, 4) is 22.6 Å². The molecule has 2 aliphatic heterocycles. The number of nitrogens with zero attached hydrogens (tertiary/aromatic N) is 1. The Hall–Kier alpha value is -2.53. The number of rotatable bonds is 4. The quantitative estimate of drug-likeness (QED) is 0.914. The van der Waals surface area contributed by atoms with E-state index in [9.17, 15) is 9.90 Å². The fourth-order valence-corrected chi connectivity index (χ4v) is 3.76. The van der Waals surface area contributed by atoms with Crippen molar-refractivity contribution in [1.82, 2.24) is 4.90 Å². The number of benzene rings is 2. The summed E-state index contributed by atoms with van der Waals surface area (Å²) in [6.45, 7) is 1.15. The Morgan fingerprint density at radius 3 is 2.62 bits per heavy atom. The first-order valence-corrected chi connectivity index (χ1v) is 9.18. The molecule has 1 amide bonds. The molecule has 0 saturated carbocycles. The number of amides is 1. The van der Waals surface area contributed by atoms with Gasteiger partial charge in [0, 0.05) is 24.8 Å². The van der Waals surface area contributed by atoms with Crippen molar-refractivity contribution >= 4 is 5.91 Å². The molecule has 0 radical (unpaired) electrons. The largest absolute Gasteiger partial charge is 0.454 e. The van der Waals surface area contributed by atoms with Gasteiger partial charge < -0.3 is 19.5 Å². The third-order valence-electron chi connectivity index (χ3n) is 5.19. The zero-order chi connectivity index (χ0) is 17.9. The van der Waals surface area contributed by atoms with Gasteiger partial charge in [-0.3, -0.25) is 4.79 Å². The van der Waals surface area contributed by atoms with E-state index in [1.165, 1.54) is 0 Å². The van der Waals surface area contributed by atoms with Crippen LogP contribution in [0, 0.1) is 0 Å². The fourth-order valence-electron chi connectivity index (χ4n) is 3.76. The normalized spacial score (nSPS) is 18.8. The minimum atomic E-state index is 0.0559. The van der Waals surface area contributed by atoms with Crippen molar-refractivity contribution in [1.29, 1.82) is 0 Å². The molecule has 1 saturated heterocycles. The lowest BCUT2D eigenvalue weighted by Gasteiger charge is -2.35. The minimum absolute atomic E-state index is 0.0559. The summed E-state index contributed by atoms with van der Waals surface area (Å²) in [7, 11) is 0. The van der Waals surface area contributed by atoms with Crippen molar-refractivity contribution in [3.05, 3.63) is 48.0 Å². The van der Waals surface area contributed by atoms with Crippen molar-refractivity contribution in [2.24, 2.45) is 0 Å². The van der Waals surface area contributed by atoms with Crippen LogP contribution in [0.4, 0.5) is 0 Å². The summed E-state index contributed by atoms with van der Waals surface area (Å²) >= 11 is 0. The molecule has 0 unspecified atom stereocenters. The molecular weight excluding hydrogens is 330 g/mol. The highest BCUT2D eigenvalue weighted by molar-refractivity contribution is 5.95. The van der Waals surface area contributed by atoms with Crippen molar-refractivity contribution < 1.29 is 19.4 Å². The molecule has 0 aromatic heterocycles. The first-order chi connectivity index (χ1) is 12.8. The lowest BCUT2D eigenvalue weighted by atomic mass is 9.97. The molecule has 5 nitrogen and oxygen atoms in total. The van der Waals surface area contributed by atoms with E-state index >= 15 is 0 Å². The Morgan fingerprint density at radius 2 is 1.81 bits per heavy atom. The summed E-state index contributed by atoms with van der Waals surface area (Å²) in [5.74, 6) is 1.57. The molecule has 2 aromatic rings. The van der Waals surface area contributed by atoms with Crippen molar-refractivity contribution in [2.45, 2.75) is 31.7 Å². The maximum absolute atomic E-state index is 12.9. The Balaban J connectivity index is 1.52. The van der Waals surface area contributed by atoms with Crippen molar-refractivity contribution in [3.63, 3.8) is 0 Å². The zero-order valence-corrected chi connectivity index (χ0v) is 14.7. The summed E-state index contributed by atoms with van der Waals surface area (Å²) in [4.78, 5) is 14.8. The average molecular weight is 353 g/mol. The second-order valence-corrected chi connectivity index (χ2v) is 6.81. The number of aliphatic hydroxyl groups excluding tert-OH is 1. The van der Waals surface area contributed by atoms with E-state index < -0.39 is 0 Å². The summed E-state index contributed by atoms with van der Waals surface area (Å²) in [5, 5.41) is 9.26. The van der Waals surface area contributed by atoms with Gasteiger partial charge in [0.05, 0.1) is 0 Å². The molecular formula is C21H23NO4. The number of hydrogen-bond donors (Lipinski definition) is 1. The maximum Gasteiger partial charge on any atom is 0.254 e. The van der Waals surface area contributed by atoms with Crippen LogP contribution in [0.3, 0.4) is 0 Å². The summed E-state index contributed by atoms with van der Waals surface area (Å²) in [6.07, 6.45) is 3.78. The molecule has 1 atom stereocenters. The topological polar surface area (TPSA) is 59.0 Å². The Morgan fingerprint density at radius 1 is 1.04 bits per heavy atom. The second-order valence-electron chi connectivity index (χ2n) is 6.81. The van der Waals surface area contributed by atoms with Crippen LogP contribution in [-0.2, 0) is 0 Å². The zero-order valence-electron chi connectivity index (χ0n) is 14.7. The highest BCUT2D eigenvalue weighted by Crippen LogP contribution is 2.36. The molecule has 2 heterocycles. The number of carbonyl (C=O) groups excluding carboxylic acids is 1. The lowest BCUT2D eigenvalue weighted by molar-refractivity contribution is 0.0574. The monoisotopic (exact) mass is 353 g/mol. The molecule has 0 aliphatic carbocycles. The predicted molar refractivity (Wildman–Crippen MR) is 98.4 cm³/mol. The van der Waals surface area contributed by atoms with E-state index in [-0.39, 0.29) is 25.3 Å². The van der Waals surface area contributed by atoms with Crippen molar-refractivity contribution in [2.75, 3.05) is 19.9 Å². The standard InChI is InChI=1S/C21H23NO4/c23-12-10-18-3-1-2-11-22(18)21(24)16-6-4-15(5-7-16)17-8-9-19-20(13-17)26-14-25-19/h4-9,13,18,23H,1-3,10-12,14H2/t18-/m1/s1. The van der Waals surface area contributed by atoms with Gasteiger partial charge in [0.15, 0.2) is 11.5 Å². The highest BCUT2D eigenvalue weighted by Gasteiger charge is 2.27. The number of ether oxygens (including phenoxy) is 2. The molecule has 136 valence electrons. The molecule has 2 aliphatic rings. The number of aliphatic hydroxyl groups is 1. The van der Waals surface area contributed by atoms with Crippen LogP contribution in [0.5, 0.6) is 11.5 Å². The van der Waals surface area contributed by atoms with Gasteiger partial charge in [-0.2, -0.15) is 0 Å². The molecule has 4 rings (SSSR count). The first-order valence-electron chi connectivity index (χ1n) is 9.18. The maximum atomic E-state index is 12.9. The smallest absolute Gasteiger partial charge is 0.254 e. The van der Waals surface area contributed by atoms with E-state index in [2.05, 4.69) is 0 Å². The van der Waals surface area contributed by atoms with E-state index in [0.29, 0.717) is 12.0 Å². The number of carbonyl (C=O) groups is 1. The average Bonchev–Trinajstić information content (AvgIpc) is 3.16. The summed E-state index contributed by atoms with van der Waals surface area (Å²) < 4.78 is 10.8. The molecule has 1 fully saturated rings. The number of hydrogen-bond acceptors (Lipinski definition) is 4. The van der Waals surface area contributed by atoms with Gasteiger partial charge in [-0.25, -0.2) is 0 Å². The van der Waals surface area contributed by atoms with Gasteiger partial charge in [-0.05, 0) is 61.1 Å². The first kappa shape index (κ1) is 16.9. The predicted octanol–water partition coefficient (Wildman–Crippen LogP) is 3.46. The van der Waals surface area contributed by atoms with E-state index in [1.54, 1.807) is 0 Å². The fraction of sp³-hybridized carbons (Fsp3) is 0.381. The van der Waals surface area contributed by atoms with E-state index in [4.69, 9.17) is 9.47 Å². The van der Waals surface area contributed by atoms with Crippen LogP contribution in [0.1, 0.15) is 36.0 Å². The summed E-state index contributed by atoms with van der Waals surface area (Å²) in [5.41, 5.74) is 2.76.